The monoisotopic (exact) mass is 400 g/mol. The number of nitrogens with zero attached hydrogens (tertiary/aromatic N) is 1. The number of benzene rings is 2. The molecule has 2 aromatic rings. The lowest BCUT2D eigenvalue weighted by Crippen LogP contribution is -2.29. The average Bonchev–Trinajstić information content (AvgIpc) is 2.72. The second-order valence-electron chi connectivity index (χ2n) is 5.82. The number of hydrogen-bond donors (Lipinski definition) is 1. The Balaban J connectivity index is 2.01. The molecule has 1 N–H and O–H groups in total. The van der Waals surface area contributed by atoms with E-state index in [2.05, 4.69) is 5.32 Å². The number of esters is 1. The molecule has 0 spiro atoms. The summed E-state index contributed by atoms with van der Waals surface area (Å²) < 4.78 is 15.4. The van der Waals surface area contributed by atoms with Gasteiger partial charge in [0.25, 0.3) is 11.6 Å². The van der Waals surface area contributed by atoms with Crippen LogP contribution in [-0.4, -0.2) is 37.1 Å². The van der Waals surface area contributed by atoms with Crippen LogP contribution in [0.4, 0.5) is 11.4 Å². The molecule has 2 rings (SSSR count). The fraction of sp³-hybridized carbons (Fsp3) is 0.200. The van der Waals surface area contributed by atoms with Crippen molar-refractivity contribution in [3.8, 4) is 11.5 Å². The van der Waals surface area contributed by atoms with Gasteiger partial charge in [0, 0.05) is 18.2 Å². The molecule has 29 heavy (non-hydrogen) atoms. The van der Waals surface area contributed by atoms with Crippen molar-refractivity contribution in [3.05, 3.63) is 64.2 Å². The summed E-state index contributed by atoms with van der Waals surface area (Å²) in [6, 6.07) is 10.7. The van der Waals surface area contributed by atoms with E-state index < -0.39 is 22.9 Å². The summed E-state index contributed by atoms with van der Waals surface area (Å²) in [5.74, 6) is -0.342. The lowest BCUT2D eigenvalue weighted by molar-refractivity contribution is -0.383. The number of methoxy groups -OCH3 is 2. The van der Waals surface area contributed by atoms with E-state index >= 15 is 0 Å². The highest BCUT2D eigenvalue weighted by Gasteiger charge is 2.20. The third-order valence-electron chi connectivity index (χ3n) is 3.81. The lowest BCUT2D eigenvalue weighted by atomic mass is 10.2. The zero-order valence-corrected chi connectivity index (χ0v) is 16.1. The van der Waals surface area contributed by atoms with Crippen LogP contribution in [0.5, 0.6) is 11.5 Å². The molecule has 0 unspecified atom stereocenters. The minimum atomic E-state index is -1.16. The maximum Gasteiger partial charge on any atom is 0.331 e. The third-order valence-corrected chi connectivity index (χ3v) is 3.81. The second kappa shape index (κ2) is 9.88. The summed E-state index contributed by atoms with van der Waals surface area (Å²) in [7, 11) is 3.02. The zero-order chi connectivity index (χ0) is 21.4. The van der Waals surface area contributed by atoms with Crippen molar-refractivity contribution < 1.29 is 28.7 Å². The number of nitro benzene ring substituents is 1. The van der Waals surface area contributed by atoms with Gasteiger partial charge in [-0.05, 0) is 36.8 Å². The molecule has 0 fully saturated rings. The zero-order valence-electron chi connectivity index (χ0n) is 16.1. The minimum absolute atomic E-state index is 0.0180. The van der Waals surface area contributed by atoms with Gasteiger partial charge in [-0.1, -0.05) is 12.1 Å². The van der Waals surface area contributed by atoms with Crippen LogP contribution < -0.4 is 14.8 Å². The fourth-order valence-corrected chi connectivity index (χ4v) is 2.33. The van der Waals surface area contributed by atoms with Gasteiger partial charge in [0.1, 0.15) is 17.2 Å². The lowest BCUT2D eigenvalue weighted by Gasteiger charge is -2.12. The van der Waals surface area contributed by atoms with Crippen LogP contribution in [0.15, 0.2) is 48.5 Å². The van der Waals surface area contributed by atoms with Crippen molar-refractivity contribution in [2.24, 2.45) is 0 Å². The van der Waals surface area contributed by atoms with Gasteiger partial charge < -0.3 is 19.5 Å². The quantitative estimate of drug-likeness (QED) is 0.313. The topological polar surface area (TPSA) is 117 Å². The normalized spacial score (nSPS) is 11.6. The summed E-state index contributed by atoms with van der Waals surface area (Å²) in [5, 5.41) is 13.4. The molecule has 0 saturated carbocycles. The molecule has 9 heteroatoms. The van der Waals surface area contributed by atoms with E-state index in [9.17, 15) is 19.7 Å². The Hall–Kier alpha value is -3.88. The van der Waals surface area contributed by atoms with Crippen LogP contribution in [0.3, 0.4) is 0 Å². The highest BCUT2D eigenvalue weighted by atomic mass is 16.6. The average molecular weight is 400 g/mol. The Morgan fingerprint density at radius 1 is 1.10 bits per heavy atom. The molecule has 0 aliphatic rings. The Labute approximate surface area is 167 Å². The molecule has 0 radical (unpaired) electrons. The smallest absolute Gasteiger partial charge is 0.331 e. The number of hydrogen-bond acceptors (Lipinski definition) is 7. The molecular formula is C20H20N2O7. The Bertz CT molecular complexity index is 918. The molecule has 2 aromatic carbocycles. The molecule has 0 saturated heterocycles. The van der Waals surface area contributed by atoms with Gasteiger partial charge in [-0.25, -0.2) is 4.79 Å². The van der Waals surface area contributed by atoms with Crippen molar-refractivity contribution in [3.63, 3.8) is 0 Å². The van der Waals surface area contributed by atoms with Crippen molar-refractivity contribution in [1.82, 2.24) is 0 Å². The van der Waals surface area contributed by atoms with Crippen molar-refractivity contribution in [1.29, 1.82) is 0 Å². The predicted octanol–water partition coefficient (Wildman–Crippen LogP) is 3.20. The predicted molar refractivity (Wildman–Crippen MR) is 106 cm³/mol. The summed E-state index contributed by atoms with van der Waals surface area (Å²) in [4.78, 5) is 34.6. The summed E-state index contributed by atoms with van der Waals surface area (Å²) in [6.45, 7) is 1.37. The van der Waals surface area contributed by atoms with Gasteiger partial charge in [0.05, 0.1) is 19.1 Å². The standard InChI is InChI=1S/C20H20N2O7/c1-13(20(24)21-17-6-4-5-7-18(17)22(25)26)29-19(23)9-8-14-10-15(27-2)12-16(11-14)28-3/h4-13H,1-3H3,(H,21,24)/b9-8+/t13-/m0/s1. The van der Waals surface area contributed by atoms with Crippen LogP contribution in [0.1, 0.15) is 12.5 Å². The van der Waals surface area contributed by atoms with E-state index in [1.807, 2.05) is 0 Å². The number of para-hydroxylation sites is 2. The molecule has 0 aliphatic carbocycles. The number of ether oxygens (including phenoxy) is 3. The first-order valence-electron chi connectivity index (χ1n) is 8.50. The Kier molecular flexibility index (Phi) is 7.30. The summed E-state index contributed by atoms with van der Waals surface area (Å²) in [5.41, 5.74) is 0.394. The first-order valence-corrected chi connectivity index (χ1v) is 8.50. The number of nitrogens with one attached hydrogen (secondary N) is 1. The first kappa shape index (κ1) is 21.4. The maximum atomic E-state index is 12.2. The van der Waals surface area contributed by atoms with E-state index in [1.54, 1.807) is 24.3 Å². The minimum Gasteiger partial charge on any atom is -0.497 e. The molecule has 0 aliphatic heterocycles. The van der Waals surface area contributed by atoms with Gasteiger partial charge in [-0.15, -0.1) is 0 Å². The maximum absolute atomic E-state index is 12.2. The van der Waals surface area contributed by atoms with E-state index in [-0.39, 0.29) is 11.4 Å². The van der Waals surface area contributed by atoms with E-state index in [1.165, 1.54) is 45.4 Å². The van der Waals surface area contributed by atoms with Crippen LogP contribution >= 0.6 is 0 Å². The number of rotatable bonds is 8. The summed E-state index contributed by atoms with van der Waals surface area (Å²) in [6.07, 6.45) is 1.48. The van der Waals surface area contributed by atoms with E-state index in [0.717, 1.165) is 6.08 Å². The van der Waals surface area contributed by atoms with Crippen molar-refractivity contribution >= 4 is 29.3 Å². The van der Waals surface area contributed by atoms with Crippen LogP contribution in [0.25, 0.3) is 6.08 Å². The number of carbonyl (C=O) groups excluding carboxylic acids is 2. The number of anilines is 1. The molecule has 1 amide bonds. The van der Waals surface area contributed by atoms with Gasteiger partial charge in [-0.3, -0.25) is 14.9 Å². The number of carbonyl (C=O) groups is 2. The molecule has 152 valence electrons. The molecule has 0 bridgehead atoms. The highest BCUT2D eigenvalue weighted by Crippen LogP contribution is 2.24. The molecular weight excluding hydrogens is 380 g/mol. The first-order chi connectivity index (χ1) is 13.8. The highest BCUT2D eigenvalue weighted by molar-refractivity contribution is 5.98. The van der Waals surface area contributed by atoms with Gasteiger partial charge in [0.2, 0.25) is 0 Å². The van der Waals surface area contributed by atoms with Crippen LogP contribution in [0, 0.1) is 10.1 Å². The molecule has 1 atom stereocenters. The van der Waals surface area contributed by atoms with Crippen LogP contribution in [-0.2, 0) is 14.3 Å². The SMILES string of the molecule is COc1cc(/C=C/C(=O)O[C@@H](C)C(=O)Nc2ccccc2[N+](=O)[O-])cc(OC)c1. The van der Waals surface area contributed by atoms with Gasteiger partial charge in [0.15, 0.2) is 6.10 Å². The number of amides is 1. The van der Waals surface area contributed by atoms with Gasteiger partial charge in [-0.2, -0.15) is 0 Å². The van der Waals surface area contributed by atoms with Crippen molar-refractivity contribution in [2.45, 2.75) is 13.0 Å². The van der Waals surface area contributed by atoms with E-state index in [0.29, 0.717) is 17.1 Å². The molecule has 0 heterocycles. The molecule has 0 aromatic heterocycles. The second-order valence-corrected chi connectivity index (χ2v) is 5.82. The van der Waals surface area contributed by atoms with Gasteiger partial charge >= 0.3 is 5.97 Å². The largest absolute Gasteiger partial charge is 0.497 e. The fourth-order valence-electron chi connectivity index (χ4n) is 2.33. The van der Waals surface area contributed by atoms with Crippen molar-refractivity contribution in [2.75, 3.05) is 19.5 Å². The summed E-state index contributed by atoms with van der Waals surface area (Å²) >= 11 is 0. The number of nitro groups is 1. The Morgan fingerprint density at radius 3 is 2.31 bits per heavy atom. The third kappa shape index (κ3) is 6.06. The van der Waals surface area contributed by atoms with Crippen LogP contribution in [0.2, 0.25) is 0 Å². The Morgan fingerprint density at radius 2 is 1.72 bits per heavy atom. The van der Waals surface area contributed by atoms with E-state index in [4.69, 9.17) is 14.2 Å². The molecule has 9 nitrogen and oxygen atoms in total.